The number of aryl methyl sites for hydroxylation is 1. The zero-order valence-corrected chi connectivity index (χ0v) is 8.59. The van der Waals surface area contributed by atoms with Gasteiger partial charge in [-0.3, -0.25) is 0 Å². The SMILES string of the molecule is Cc1ccc(C2(CN)CCC2)cc1O. The Balaban J connectivity index is 2.36. The van der Waals surface area contributed by atoms with Gasteiger partial charge in [0.1, 0.15) is 5.75 Å². The summed E-state index contributed by atoms with van der Waals surface area (Å²) in [5.41, 5.74) is 8.10. The number of nitrogens with two attached hydrogens (primary N) is 1. The molecule has 0 heterocycles. The number of aromatic hydroxyl groups is 1. The van der Waals surface area contributed by atoms with Crippen LogP contribution in [0.15, 0.2) is 18.2 Å². The Morgan fingerprint density at radius 1 is 1.43 bits per heavy atom. The normalized spacial score (nSPS) is 19.0. The van der Waals surface area contributed by atoms with Crippen molar-refractivity contribution in [2.75, 3.05) is 6.54 Å². The van der Waals surface area contributed by atoms with Crippen LogP contribution in [0.1, 0.15) is 30.4 Å². The summed E-state index contributed by atoms with van der Waals surface area (Å²) in [4.78, 5) is 0. The van der Waals surface area contributed by atoms with E-state index in [0.717, 1.165) is 18.4 Å². The molecule has 0 unspecified atom stereocenters. The topological polar surface area (TPSA) is 46.2 Å². The quantitative estimate of drug-likeness (QED) is 0.751. The molecule has 1 fully saturated rings. The summed E-state index contributed by atoms with van der Waals surface area (Å²) in [5, 5.41) is 9.64. The van der Waals surface area contributed by atoms with E-state index in [0.29, 0.717) is 12.3 Å². The molecule has 2 heteroatoms. The van der Waals surface area contributed by atoms with Gasteiger partial charge >= 0.3 is 0 Å². The zero-order chi connectivity index (χ0) is 10.2. The van der Waals surface area contributed by atoms with Crippen molar-refractivity contribution in [1.82, 2.24) is 0 Å². The van der Waals surface area contributed by atoms with Crippen molar-refractivity contribution in [3.8, 4) is 5.75 Å². The Hall–Kier alpha value is -1.02. The smallest absolute Gasteiger partial charge is 0.118 e. The first kappa shape index (κ1) is 9.53. The van der Waals surface area contributed by atoms with Crippen LogP contribution in [0, 0.1) is 6.92 Å². The monoisotopic (exact) mass is 191 g/mol. The third-order valence-corrected chi connectivity index (χ3v) is 3.52. The van der Waals surface area contributed by atoms with Crippen molar-refractivity contribution in [1.29, 1.82) is 0 Å². The minimum absolute atomic E-state index is 0.158. The summed E-state index contributed by atoms with van der Waals surface area (Å²) in [6, 6.07) is 5.95. The third-order valence-electron chi connectivity index (χ3n) is 3.52. The molecule has 0 bridgehead atoms. The molecule has 14 heavy (non-hydrogen) atoms. The highest BCUT2D eigenvalue weighted by Gasteiger charge is 2.37. The fourth-order valence-electron chi connectivity index (χ4n) is 2.15. The van der Waals surface area contributed by atoms with Crippen LogP contribution in [-0.2, 0) is 5.41 Å². The minimum Gasteiger partial charge on any atom is -0.508 e. The standard InChI is InChI=1S/C12H17NO/c1-9-3-4-10(7-11(9)14)12(8-13)5-2-6-12/h3-4,7,14H,2,5-6,8,13H2,1H3. The fraction of sp³-hybridized carbons (Fsp3) is 0.500. The van der Waals surface area contributed by atoms with Crippen LogP contribution >= 0.6 is 0 Å². The Kier molecular flexibility index (Phi) is 2.23. The van der Waals surface area contributed by atoms with Crippen LogP contribution < -0.4 is 5.73 Å². The van der Waals surface area contributed by atoms with Gasteiger partial charge in [-0.05, 0) is 37.0 Å². The van der Waals surface area contributed by atoms with Gasteiger partial charge in [0.15, 0.2) is 0 Å². The van der Waals surface area contributed by atoms with Gasteiger partial charge in [0.25, 0.3) is 0 Å². The highest BCUT2D eigenvalue weighted by atomic mass is 16.3. The maximum absolute atomic E-state index is 9.64. The second-order valence-corrected chi connectivity index (χ2v) is 4.34. The molecule has 1 aliphatic carbocycles. The van der Waals surface area contributed by atoms with Crippen LogP contribution in [0.25, 0.3) is 0 Å². The van der Waals surface area contributed by atoms with Gasteiger partial charge < -0.3 is 10.8 Å². The zero-order valence-electron chi connectivity index (χ0n) is 8.59. The fourth-order valence-corrected chi connectivity index (χ4v) is 2.15. The molecule has 0 saturated heterocycles. The van der Waals surface area contributed by atoms with Gasteiger partial charge in [0.05, 0.1) is 0 Å². The van der Waals surface area contributed by atoms with E-state index in [1.165, 1.54) is 12.0 Å². The van der Waals surface area contributed by atoms with Crippen molar-refractivity contribution in [2.24, 2.45) is 5.73 Å². The first-order valence-electron chi connectivity index (χ1n) is 5.18. The minimum atomic E-state index is 0.158. The number of hydrogen-bond acceptors (Lipinski definition) is 2. The summed E-state index contributed by atoms with van der Waals surface area (Å²) < 4.78 is 0. The number of rotatable bonds is 2. The van der Waals surface area contributed by atoms with Gasteiger partial charge in [-0.2, -0.15) is 0 Å². The largest absolute Gasteiger partial charge is 0.508 e. The lowest BCUT2D eigenvalue weighted by Crippen LogP contribution is -2.41. The van der Waals surface area contributed by atoms with Crippen molar-refractivity contribution in [2.45, 2.75) is 31.6 Å². The van der Waals surface area contributed by atoms with Crippen molar-refractivity contribution in [3.63, 3.8) is 0 Å². The predicted molar refractivity (Wildman–Crippen MR) is 57.4 cm³/mol. The second kappa shape index (κ2) is 3.28. The number of hydrogen-bond donors (Lipinski definition) is 2. The molecule has 1 aromatic rings. The molecule has 2 rings (SSSR count). The Bertz CT molecular complexity index is 337. The van der Waals surface area contributed by atoms with Gasteiger partial charge in [-0.15, -0.1) is 0 Å². The van der Waals surface area contributed by atoms with Gasteiger partial charge in [0, 0.05) is 12.0 Å². The summed E-state index contributed by atoms with van der Waals surface area (Å²) in [6.45, 7) is 2.60. The highest BCUT2D eigenvalue weighted by Crippen LogP contribution is 2.43. The average molecular weight is 191 g/mol. The van der Waals surface area contributed by atoms with E-state index in [9.17, 15) is 5.11 Å². The summed E-state index contributed by atoms with van der Waals surface area (Å²) in [5.74, 6) is 0.391. The van der Waals surface area contributed by atoms with E-state index in [2.05, 4.69) is 6.07 Å². The highest BCUT2D eigenvalue weighted by molar-refractivity contribution is 5.40. The molecule has 0 aliphatic heterocycles. The maximum Gasteiger partial charge on any atom is 0.118 e. The molecular weight excluding hydrogens is 174 g/mol. The molecule has 0 spiro atoms. The van der Waals surface area contributed by atoms with Gasteiger partial charge in [0.2, 0.25) is 0 Å². The van der Waals surface area contributed by atoms with Crippen molar-refractivity contribution < 1.29 is 5.11 Å². The Morgan fingerprint density at radius 3 is 2.57 bits per heavy atom. The predicted octanol–water partition coefficient (Wildman–Crippen LogP) is 2.08. The Morgan fingerprint density at radius 2 is 2.14 bits per heavy atom. The molecule has 0 amide bonds. The molecule has 0 aromatic heterocycles. The first-order chi connectivity index (χ1) is 6.68. The molecule has 1 aliphatic rings. The molecule has 2 nitrogen and oxygen atoms in total. The van der Waals surface area contributed by atoms with E-state index in [1.54, 1.807) is 0 Å². The summed E-state index contributed by atoms with van der Waals surface area (Å²) in [7, 11) is 0. The maximum atomic E-state index is 9.64. The lowest BCUT2D eigenvalue weighted by atomic mass is 9.64. The number of phenolic OH excluding ortho intramolecular Hbond substituents is 1. The number of phenols is 1. The van der Waals surface area contributed by atoms with Crippen LogP contribution in [0.2, 0.25) is 0 Å². The molecule has 1 aromatic carbocycles. The lowest BCUT2D eigenvalue weighted by molar-refractivity contribution is 0.252. The lowest BCUT2D eigenvalue weighted by Gasteiger charge is -2.41. The summed E-state index contributed by atoms with van der Waals surface area (Å²) >= 11 is 0. The van der Waals surface area contributed by atoms with Gasteiger partial charge in [-0.1, -0.05) is 18.6 Å². The average Bonchev–Trinajstić information content (AvgIpc) is 2.10. The van der Waals surface area contributed by atoms with E-state index in [4.69, 9.17) is 5.73 Å². The van der Waals surface area contributed by atoms with Gasteiger partial charge in [-0.25, -0.2) is 0 Å². The van der Waals surface area contributed by atoms with Crippen molar-refractivity contribution >= 4 is 0 Å². The summed E-state index contributed by atoms with van der Waals surface area (Å²) in [6.07, 6.45) is 3.57. The Labute approximate surface area is 84.7 Å². The third kappa shape index (κ3) is 1.30. The molecular formula is C12H17NO. The van der Waals surface area contributed by atoms with Crippen LogP contribution in [0.3, 0.4) is 0 Å². The van der Waals surface area contributed by atoms with Crippen LogP contribution in [-0.4, -0.2) is 11.7 Å². The van der Waals surface area contributed by atoms with E-state index in [-0.39, 0.29) is 5.41 Å². The second-order valence-electron chi connectivity index (χ2n) is 4.34. The van der Waals surface area contributed by atoms with Crippen LogP contribution in [0.4, 0.5) is 0 Å². The van der Waals surface area contributed by atoms with E-state index >= 15 is 0 Å². The van der Waals surface area contributed by atoms with Crippen LogP contribution in [0.5, 0.6) is 5.75 Å². The molecule has 0 atom stereocenters. The molecule has 3 N–H and O–H groups in total. The number of benzene rings is 1. The molecule has 1 saturated carbocycles. The first-order valence-corrected chi connectivity index (χ1v) is 5.18. The van der Waals surface area contributed by atoms with E-state index in [1.807, 2.05) is 19.1 Å². The molecule has 0 radical (unpaired) electrons. The van der Waals surface area contributed by atoms with Crippen molar-refractivity contribution in [3.05, 3.63) is 29.3 Å². The molecule has 76 valence electrons. The van der Waals surface area contributed by atoms with E-state index < -0.39 is 0 Å².